The summed E-state index contributed by atoms with van der Waals surface area (Å²) in [4.78, 5) is 1.11. The minimum Gasteiger partial charge on any atom is -0.388 e. The Morgan fingerprint density at radius 3 is 2.42 bits per heavy atom. The van der Waals surface area contributed by atoms with Crippen LogP contribution in [0.1, 0.15) is 42.9 Å². The van der Waals surface area contributed by atoms with Crippen LogP contribution in [0, 0.1) is 0 Å². The van der Waals surface area contributed by atoms with E-state index in [1.54, 1.807) is 0 Å². The molecule has 1 aromatic carbocycles. The van der Waals surface area contributed by atoms with Gasteiger partial charge in [-0.15, -0.1) is 11.3 Å². The van der Waals surface area contributed by atoms with E-state index in [9.17, 15) is 5.11 Å². The standard InChI is InChI=1S/C16H19ClOS/c1-16(2,3)13-7-5-4-6-12(13)14(18)10-11-8-9-15(17)19-11/h4-9,14,18H,10H2,1-3H3. The Hall–Kier alpha value is -0.830. The van der Waals surface area contributed by atoms with Crippen molar-refractivity contribution in [1.29, 1.82) is 0 Å². The van der Waals surface area contributed by atoms with Crippen LogP contribution in [-0.2, 0) is 11.8 Å². The van der Waals surface area contributed by atoms with Gasteiger partial charge in [-0.25, -0.2) is 0 Å². The van der Waals surface area contributed by atoms with Crippen molar-refractivity contribution in [3.8, 4) is 0 Å². The van der Waals surface area contributed by atoms with Gasteiger partial charge in [-0.2, -0.15) is 0 Å². The SMILES string of the molecule is CC(C)(C)c1ccccc1C(O)Cc1ccc(Cl)s1. The number of aliphatic hydroxyl groups is 1. The van der Waals surface area contributed by atoms with Gasteiger partial charge in [0.15, 0.2) is 0 Å². The van der Waals surface area contributed by atoms with E-state index in [1.165, 1.54) is 16.9 Å². The second-order valence-corrected chi connectivity index (χ2v) is 7.56. The van der Waals surface area contributed by atoms with Crippen molar-refractivity contribution in [1.82, 2.24) is 0 Å². The van der Waals surface area contributed by atoms with Gasteiger partial charge in [0.1, 0.15) is 0 Å². The van der Waals surface area contributed by atoms with Crippen molar-refractivity contribution >= 4 is 22.9 Å². The Kier molecular flexibility index (Phi) is 4.34. The number of hydrogen-bond donors (Lipinski definition) is 1. The second-order valence-electron chi connectivity index (χ2n) is 5.76. The van der Waals surface area contributed by atoms with Crippen molar-refractivity contribution in [2.75, 3.05) is 0 Å². The minimum absolute atomic E-state index is 0.0324. The summed E-state index contributed by atoms with van der Waals surface area (Å²) in [5, 5.41) is 10.5. The molecule has 2 aromatic rings. The highest BCUT2D eigenvalue weighted by molar-refractivity contribution is 7.16. The molecule has 0 saturated carbocycles. The first-order valence-electron chi connectivity index (χ1n) is 6.39. The van der Waals surface area contributed by atoms with Crippen molar-refractivity contribution in [2.45, 2.75) is 38.7 Å². The van der Waals surface area contributed by atoms with Gasteiger partial charge in [0.25, 0.3) is 0 Å². The zero-order chi connectivity index (χ0) is 14.0. The van der Waals surface area contributed by atoms with Gasteiger partial charge in [0.2, 0.25) is 0 Å². The number of hydrogen-bond acceptors (Lipinski definition) is 2. The molecule has 3 heteroatoms. The van der Waals surface area contributed by atoms with E-state index in [2.05, 4.69) is 26.8 Å². The fourth-order valence-corrected chi connectivity index (χ4v) is 3.36. The molecule has 1 atom stereocenters. The molecule has 0 aliphatic carbocycles. The van der Waals surface area contributed by atoms with Crippen LogP contribution in [0.3, 0.4) is 0 Å². The van der Waals surface area contributed by atoms with Crippen LogP contribution >= 0.6 is 22.9 Å². The van der Waals surface area contributed by atoms with Gasteiger partial charge < -0.3 is 5.11 Å². The Labute approximate surface area is 123 Å². The van der Waals surface area contributed by atoms with E-state index in [-0.39, 0.29) is 5.41 Å². The Morgan fingerprint density at radius 1 is 1.16 bits per heavy atom. The average Bonchev–Trinajstić information content (AvgIpc) is 2.73. The second kappa shape index (κ2) is 5.66. The molecule has 2 rings (SSSR count). The molecule has 1 heterocycles. The van der Waals surface area contributed by atoms with Crippen molar-refractivity contribution in [3.63, 3.8) is 0 Å². The number of halogens is 1. The quantitative estimate of drug-likeness (QED) is 0.847. The normalized spacial score (nSPS) is 13.5. The number of benzene rings is 1. The largest absolute Gasteiger partial charge is 0.388 e. The Balaban J connectivity index is 2.26. The van der Waals surface area contributed by atoms with E-state index in [0.29, 0.717) is 6.42 Å². The predicted molar refractivity (Wildman–Crippen MR) is 83.1 cm³/mol. The van der Waals surface area contributed by atoms with Gasteiger partial charge in [-0.05, 0) is 28.7 Å². The molecule has 0 fully saturated rings. The van der Waals surface area contributed by atoms with Gasteiger partial charge in [-0.1, -0.05) is 56.6 Å². The lowest BCUT2D eigenvalue weighted by Gasteiger charge is -2.25. The molecule has 0 bridgehead atoms. The van der Waals surface area contributed by atoms with Gasteiger partial charge in [0.05, 0.1) is 10.4 Å². The minimum atomic E-state index is -0.481. The van der Waals surface area contributed by atoms with Crippen molar-refractivity contribution in [3.05, 3.63) is 56.7 Å². The van der Waals surface area contributed by atoms with Crippen LogP contribution in [0.2, 0.25) is 4.34 Å². The molecular weight excluding hydrogens is 276 g/mol. The highest BCUT2D eigenvalue weighted by Gasteiger charge is 2.21. The van der Waals surface area contributed by atoms with Gasteiger partial charge in [-0.3, -0.25) is 0 Å². The Morgan fingerprint density at radius 2 is 1.84 bits per heavy atom. The first-order valence-corrected chi connectivity index (χ1v) is 7.59. The van der Waals surface area contributed by atoms with E-state index in [0.717, 1.165) is 14.8 Å². The molecule has 1 aromatic heterocycles. The highest BCUT2D eigenvalue weighted by Crippen LogP contribution is 2.32. The molecule has 0 spiro atoms. The van der Waals surface area contributed by atoms with Crippen LogP contribution in [0.5, 0.6) is 0 Å². The number of aliphatic hydroxyl groups excluding tert-OH is 1. The third-order valence-electron chi connectivity index (χ3n) is 3.15. The lowest BCUT2D eigenvalue weighted by molar-refractivity contribution is 0.177. The molecule has 0 aliphatic rings. The molecular formula is C16H19ClOS. The zero-order valence-corrected chi connectivity index (χ0v) is 13.1. The smallest absolute Gasteiger partial charge is 0.0931 e. The molecule has 1 unspecified atom stereocenters. The lowest BCUT2D eigenvalue weighted by atomic mass is 9.82. The third-order valence-corrected chi connectivity index (χ3v) is 4.40. The van der Waals surface area contributed by atoms with Crippen LogP contribution in [0.25, 0.3) is 0 Å². The monoisotopic (exact) mass is 294 g/mol. The van der Waals surface area contributed by atoms with Gasteiger partial charge in [0, 0.05) is 11.3 Å². The highest BCUT2D eigenvalue weighted by atomic mass is 35.5. The lowest BCUT2D eigenvalue weighted by Crippen LogP contribution is -2.16. The van der Waals surface area contributed by atoms with Crippen LogP contribution in [0.15, 0.2) is 36.4 Å². The molecule has 102 valence electrons. The van der Waals surface area contributed by atoms with E-state index < -0.39 is 6.10 Å². The molecule has 0 amide bonds. The Bertz CT molecular complexity index is 554. The number of rotatable bonds is 3. The molecule has 0 saturated heterocycles. The summed E-state index contributed by atoms with van der Waals surface area (Å²) in [6, 6.07) is 12.0. The van der Waals surface area contributed by atoms with Gasteiger partial charge >= 0.3 is 0 Å². The zero-order valence-electron chi connectivity index (χ0n) is 11.5. The number of thiophene rings is 1. The first-order chi connectivity index (χ1) is 8.88. The van der Waals surface area contributed by atoms with Crippen LogP contribution < -0.4 is 0 Å². The first kappa shape index (κ1) is 14.6. The summed E-state index contributed by atoms with van der Waals surface area (Å²) in [7, 11) is 0. The predicted octanol–water partition coefficient (Wildman–Crippen LogP) is 4.98. The van der Waals surface area contributed by atoms with E-state index in [1.807, 2.05) is 30.3 Å². The van der Waals surface area contributed by atoms with E-state index in [4.69, 9.17) is 11.6 Å². The molecule has 0 radical (unpaired) electrons. The van der Waals surface area contributed by atoms with E-state index >= 15 is 0 Å². The average molecular weight is 295 g/mol. The van der Waals surface area contributed by atoms with Crippen LogP contribution in [-0.4, -0.2) is 5.11 Å². The maximum atomic E-state index is 10.5. The third kappa shape index (κ3) is 3.59. The fourth-order valence-electron chi connectivity index (χ4n) is 2.23. The summed E-state index contributed by atoms with van der Waals surface area (Å²) in [5.74, 6) is 0. The summed E-state index contributed by atoms with van der Waals surface area (Å²) < 4.78 is 0.770. The molecule has 0 aliphatic heterocycles. The molecule has 19 heavy (non-hydrogen) atoms. The van der Waals surface area contributed by atoms with Crippen molar-refractivity contribution < 1.29 is 5.11 Å². The summed E-state index contributed by atoms with van der Waals surface area (Å²) >= 11 is 7.46. The molecule has 1 N–H and O–H groups in total. The molecule has 1 nitrogen and oxygen atoms in total. The fraction of sp³-hybridized carbons (Fsp3) is 0.375. The summed E-state index contributed by atoms with van der Waals surface area (Å²) in [5.41, 5.74) is 2.25. The van der Waals surface area contributed by atoms with Crippen molar-refractivity contribution in [2.24, 2.45) is 0 Å². The topological polar surface area (TPSA) is 20.2 Å². The summed E-state index contributed by atoms with van der Waals surface area (Å²) in [6.07, 6.45) is 0.134. The van der Waals surface area contributed by atoms with Crippen LogP contribution in [0.4, 0.5) is 0 Å². The summed E-state index contributed by atoms with van der Waals surface area (Å²) in [6.45, 7) is 6.50. The maximum Gasteiger partial charge on any atom is 0.0931 e. The maximum absolute atomic E-state index is 10.5.